The minimum Gasteiger partial charge on any atom is -0.324 e. The molecule has 1 heterocycles. The molecule has 8 heteroatoms. The number of amides is 1. The Morgan fingerprint density at radius 3 is 2.50 bits per heavy atom. The van der Waals surface area contributed by atoms with Gasteiger partial charge in [0.15, 0.2) is 0 Å². The summed E-state index contributed by atoms with van der Waals surface area (Å²) in [5, 5.41) is 2.54. The monoisotopic (exact) mass is 335 g/mol. The summed E-state index contributed by atoms with van der Waals surface area (Å²) in [6.07, 6.45) is -4.47. The fourth-order valence-electron chi connectivity index (χ4n) is 2.20. The van der Waals surface area contributed by atoms with Crippen LogP contribution in [0.15, 0.2) is 18.2 Å². The number of anilines is 1. The number of carbonyl (C=O) groups is 1. The van der Waals surface area contributed by atoms with E-state index in [4.69, 9.17) is 11.6 Å². The fourth-order valence-corrected chi connectivity index (χ4v) is 2.36. The zero-order valence-electron chi connectivity index (χ0n) is 12.1. The highest BCUT2D eigenvalue weighted by atomic mass is 35.5. The van der Waals surface area contributed by atoms with Crippen molar-refractivity contribution in [3.05, 3.63) is 28.8 Å². The van der Waals surface area contributed by atoms with Crippen molar-refractivity contribution in [3.63, 3.8) is 0 Å². The maximum absolute atomic E-state index is 12.7. The summed E-state index contributed by atoms with van der Waals surface area (Å²) < 4.78 is 38.0. The number of nitrogens with one attached hydrogen (secondary N) is 1. The van der Waals surface area contributed by atoms with Gasteiger partial charge in [0.25, 0.3) is 0 Å². The second kappa shape index (κ2) is 6.85. The van der Waals surface area contributed by atoms with Crippen LogP contribution < -0.4 is 5.32 Å². The first-order valence-corrected chi connectivity index (χ1v) is 7.21. The van der Waals surface area contributed by atoms with E-state index < -0.39 is 11.7 Å². The summed E-state index contributed by atoms with van der Waals surface area (Å²) >= 11 is 5.85. The molecule has 0 bridgehead atoms. The van der Waals surface area contributed by atoms with Gasteiger partial charge in [0.1, 0.15) is 0 Å². The van der Waals surface area contributed by atoms with Crippen molar-refractivity contribution < 1.29 is 18.0 Å². The molecule has 2 rings (SSSR count). The van der Waals surface area contributed by atoms with E-state index in [0.717, 1.165) is 44.4 Å². The molecule has 0 aliphatic carbocycles. The molecule has 0 saturated carbocycles. The van der Waals surface area contributed by atoms with Crippen molar-refractivity contribution in [2.45, 2.75) is 6.18 Å². The third-order valence-electron chi connectivity index (χ3n) is 3.53. The van der Waals surface area contributed by atoms with Crippen molar-refractivity contribution in [2.75, 3.05) is 45.1 Å². The van der Waals surface area contributed by atoms with Gasteiger partial charge in [-0.05, 0) is 25.2 Å². The number of rotatable bonds is 3. The van der Waals surface area contributed by atoms with Crippen LogP contribution in [0.1, 0.15) is 5.56 Å². The van der Waals surface area contributed by atoms with Gasteiger partial charge in [-0.15, -0.1) is 0 Å². The highest BCUT2D eigenvalue weighted by Crippen LogP contribution is 2.33. The minimum absolute atomic E-state index is 0.0179. The molecule has 1 aromatic rings. The first-order chi connectivity index (χ1) is 10.3. The SMILES string of the molecule is CN1CCN(CC(=O)Nc2cc(C(F)(F)F)ccc2Cl)CC1. The topological polar surface area (TPSA) is 35.6 Å². The van der Waals surface area contributed by atoms with Crippen molar-refractivity contribution in [1.82, 2.24) is 9.80 Å². The van der Waals surface area contributed by atoms with Gasteiger partial charge in [-0.25, -0.2) is 0 Å². The summed E-state index contributed by atoms with van der Waals surface area (Å²) in [6, 6.07) is 2.87. The van der Waals surface area contributed by atoms with Gasteiger partial charge in [-0.1, -0.05) is 11.6 Å². The van der Waals surface area contributed by atoms with E-state index in [0.29, 0.717) is 0 Å². The molecule has 1 aromatic carbocycles. The number of nitrogens with zero attached hydrogens (tertiary/aromatic N) is 2. The normalized spacial score (nSPS) is 17.5. The van der Waals surface area contributed by atoms with Crippen molar-refractivity contribution in [2.24, 2.45) is 0 Å². The van der Waals surface area contributed by atoms with E-state index in [9.17, 15) is 18.0 Å². The molecule has 0 atom stereocenters. The number of hydrogen-bond donors (Lipinski definition) is 1. The Balaban J connectivity index is 1.99. The molecule has 1 aliphatic heterocycles. The zero-order chi connectivity index (χ0) is 16.3. The molecule has 0 aromatic heterocycles. The van der Waals surface area contributed by atoms with Crippen molar-refractivity contribution >= 4 is 23.2 Å². The Labute approximate surface area is 131 Å². The number of likely N-dealkylation sites (N-methyl/N-ethyl adjacent to an activating group) is 1. The molecule has 0 unspecified atom stereocenters. The average Bonchev–Trinajstić information content (AvgIpc) is 2.42. The van der Waals surface area contributed by atoms with E-state index >= 15 is 0 Å². The largest absolute Gasteiger partial charge is 0.416 e. The molecule has 22 heavy (non-hydrogen) atoms. The lowest BCUT2D eigenvalue weighted by Gasteiger charge is -2.31. The van der Waals surface area contributed by atoms with Gasteiger partial charge in [0.2, 0.25) is 5.91 Å². The molecule has 4 nitrogen and oxygen atoms in total. The third kappa shape index (κ3) is 4.59. The Hall–Kier alpha value is -1.31. The number of alkyl halides is 3. The van der Waals surface area contributed by atoms with Crippen LogP contribution in [0, 0.1) is 0 Å². The molecular formula is C14H17ClF3N3O. The molecule has 1 N–H and O–H groups in total. The van der Waals surface area contributed by atoms with Gasteiger partial charge in [-0.3, -0.25) is 9.69 Å². The predicted molar refractivity (Wildman–Crippen MR) is 79.0 cm³/mol. The summed E-state index contributed by atoms with van der Waals surface area (Å²) in [4.78, 5) is 16.1. The Morgan fingerprint density at radius 2 is 1.91 bits per heavy atom. The van der Waals surface area contributed by atoms with Gasteiger partial charge < -0.3 is 10.2 Å². The van der Waals surface area contributed by atoms with E-state index in [1.54, 1.807) is 0 Å². The molecule has 0 spiro atoms. The summed E-state index contributed by atoms with van der Waals surface area (Å²) in [5.41, 5.74) is -0.859. The van der Waals surface area contributed by atoms with E-state index in [1.807, 2.05) is 11.9 Å². The molecule has 1 amide bonds. The summed E-state index contributed by atoms with van der Waals surface area (Å²) in [6.45, 7) is 3.36. The van der Waals surface area contributed by atoms with E-state index in [-0.39, 0.29) is 23.2 Å². The van der Waals surface area contributed by atoms with Crippen LogP contribution in [-0.2, 0) is 11.0 Å². The molecule has 122 valence electrons. The summed E-state index contributed by atoms with van der Waals surface area (Å²) in [7, 11) is 2.00. The molecular weight excluding hydrogens is 319 g/mol. The van der Waals surface area contributed by atoms with Crippen LogP contribution in [0.5, 0.6) is 0 Å². The third-order valence-corrected chi connectivity index (χ3v) is 3.86. The number of hydrogen-bond acceptors (Lipinski definition) is 3. The van der Waals surface area contributed by atoms with Crippen LogP contribution in [0.4, 0.5) is 18.9 Å². The van der Waals surface area contributed by atoms with E-state index in [1.165, 1.54) is 0 Å². The number of carbonyl (C=O) groups excluding carboxylic acids is 1. The van der Waals surface area contributed by atoms with Crippen LogP contribution in [-0.4, -0.2) is 55.5 Å². The zero-order valence-corrected chi connectivity index (χ0v) is 12.8. The highest BCUT2D eigenvalue weighted by molar-refractivity contribution is 6.33. The standard InChI is InChI=1S/C14H17ClF3N3O/c1-20-4-6-21(7-5-20)9-13(22)19-12-8-10(14(16,17)18)2-3-11(12)15/h2-3,8H,4-7,9H2,1H3,(H,19,22). The minimum atomic E-state index is -4.47. The van der Waals surface area contributed by atoms with Gasteiger partial charge in [-0.2, -0.15) is 13.2 Å². The quantitative estimate of drug-likeness (QED) is 0.922. The van der Waals surface area contributed by atoms with E-state index in [2.05, 4.69) is 10.2 Å². The van der Waals surface area contributed by atoms with Gasteiger partial charge in [0.05, 0.1) is 22.8 Å². The maximum Gasteiger partial charge on any atom is 0.416 e. The maximum atomic E-state index is 12.7. The van der Waals surface area contributed by atoms with Crippen molar-refractivity contribution in [3.8, 4) is 0 Å². The Kier molecular flexibility index (Phi) is 5.31. The second-order valence-electron chi connectivity index (χ2n) is 5.32. The first-order valence-electron chi connectivity index (χ1n) is 6.83. The highest BCUT2D eigenvalue weighted by Gasteiger charge is 2.31. The number of benzene rings is 1. The van der Waals surface area contributed by atoms with Crippen LogP contribution >= 0.6 is 11.6 Å². The fraction of sp³-hybridized carbons (Fsp3) is 0.500. The predicted octanol–water partition coefficient (Wildman–Crippen LogP) is 2.54. The second-order valence-corrected chi connectivity index (χ2v) is 5.73. The molecule has 1 aliphatic rings. The van der Waals surface area contributed by atoms with Gasteiger partial charge >= 0.3 is 6.18 Å². The lowest BCUT2D eigenvalue weighted by molar-refractivity contribution is -0.137. The Bertz CT molecular complexity index is 543. The lowest BCUT2D eigenvalue weighted by atomic mass is 10.2. The number of halogens is 4. The molecule has 1 fully saturated rings. The average molecular weight is 336 g/mol. The van der Waals surface area contributed by atoms with Crippen LogP contribution in [0.2, 0.25) is 5.02 Å². The first kappa shape index (κ1) is 17.1. The smallest absolute Gasteiger partial charge is 0.324 e. The molecule has 1 saturated heterocycles. The van der Waals surface area contributed by atoms with Gasteiger partial charge in [0, 0.05) is 26.2 Å². The van der Waals surface area contributed by atoms with Crippen LogP contribution in [0.25, 0.3) is 0 Å². The summed E-state index contributed by atoms with van der Waals surface area (Å²) in [5.74, 6) is -0.370. The van der Waals surface area contributed by atoms with Crippen LogP contribution in [0.3, 0.4) is 0 Å². The lowest BCUT2D eigenvalue weighted by Crippen LogP contribution is -2.47. The molecule has 0 radical (unpaired) electrons. The Morgan fingerprint density at radius 1 is 1.27 bits per heavy atom. The number of piperazine rings is 1. The van der Waals surface area contributed by atoms with Crippen molar-refractivity contribution in [1.29, 1.82) is 0 Å².